The molecule has 260 valence electrons. The predicted molar refractivity (Wildman–Crippen MR) is 164 cm³/mol. The summed E-state index contributed by atoms with van der Waals surface area (Å²) in [5.74, 6) is -4.66. The zero-order valence-corrected chi connectivity index (χ0v) is 26.9. The summed E-state index contributed by atoms with van der Waals surface area (Å²) in [6.45, 7) is 4.24. The predicted octanol–water partition coefficient (Wildman–Crippen LogP) is 0.464. The minimum atomic E-state index is -2.33. The van der Waals surface area contributed by atoms with Gasteiger partial charge in [0.15, 0.2) is 17.9 Å². The normalized spacial score (nSPS) is 27.1. The number of carbonyl (C=O) groups excluding carboxylic acids is 4. The summed E-state index contributed by atoms with van der Waals surface area (Å²) in [6, 6.07) is 2.46. The van der Waals surface area contributed by atoms with Crippen LogP contribution in [0.1, 0.15) is 89.1 Å². The number of rotatable bonds is 10. The van der Waals surface area contributed by atoms with Crippen LogP contribution in [0.25, 0.3) is 0 Å². The summed E-state index contributed by atoms with van der Waals surface area (Å²) in [5, 5.41) is 55.0. The average Bonchev–Trinajstić information content (AvgIpc) is 3.04. The molecule has 2 aliphatic carbocycles. The fraction of sp³-hybridized carbons (Fsp3) is 0.515. The summed E-state index contributed by atoms with van der Waals surface area (Å²) >= 11 is 0. The summed E-state index contributed by atoms with van der Waals surface area (Å²) in [5.41, 5.74) is 4.42. The van der Waals surface area contributed by atoms with E-state index in [2.05, 4.69) is 5.48 Å². The minimum absolute atomic E-state index is 0.0661. The number of aliphatic hydroxyl groups excluding tert-OH is 2. The number of hydrogen-bond acceptors (Lipinski definition) is 15. The van der Waals surface area contributed by atoms with Crippen molar-refractivity contribution in [1.82, 2.24) is 5.48 Å². The van der Waals surface area contributed by atoms with Gasteiger partial charge in [-0.1, -0.05) is 26.0 Å². The van der Waals surface area contributed by atoms with E-state index in [1.807, 2.05) is 13.8 Å². The van der Waals surface area contributed by atoms with Gasteiger partial charge in [-0.15, -0.1) is 5.48 Å². The first-order valence-corrected chi connectivity index (χ1v) is 15.6. The Morgan fingerprint density at radius 1 is 1.12 bits per heavy atom. The molecule has 0 amide bonds. The maximum atomic E-state index is 13.8. The number of fused-ring (bicyclic) bond motifs is 3. The second kappa shape index (κ2) is 13.5. The van der Waals surface area contributed by atoms with Gasteiger partial charge in [0.1, 0.15) is 35.5 Å². The number of nitrogens with two attached hydrogens (primary N) is 1. The third-order valence-corrected chi connectivity index (χ3v) is 9.10. The van der Waals surface area contributed by atoms with Crippen molar-refractivity contribution in [3.63, 3.8) is 0 Å². The fourth-order valence-corrected chi connectivity index (χ4v) is 6.65. The number of ether oxygens (including phenoxy) is 3. The summed E-state index contributed by atoms with van der Waals surface area (Å²) in [7, 11) is 1.31. The van der Waals surface area contributed by atoms with Gasteiger partial charge < -0.3 is 50.3 Å². The zero-order valence-electron chi connectivity index (χ0n) is 26.9. The van der Waals surface area contributed by atoms with E-state index in [1.54, 1.807) is 0 Å². The van der Waals surface area contributed by atoms with Gasteiger partial charge in [-0.2, -0.15) is 0 Å². The first kappa shape index (κ1) is 35.3. The monoisotopic (exact) mass is 672 g/mol. The van der Waals surface area contributed by atoms with Crippen molar-refractivity contribution in [2.24, 2.45) is 11.7 Å². The second-order valence-corrected chi connectivity index (χ2v) is 12.9. The summed E-state index contributed by atoms with van der Waals surface area (Å²) in [4.78, 5) is 57.9. The number of Topliss-reactive ketones (excluding diaryl/α,β-unsaturated/α-hetero) is 1. The number of carbonyl (C=O) groups is 4. The molecule has 1 heterocycles. The van der Waals surface area contributed by atoms with E-state index in [9.17, 15) is 44.7 Å². The standard InChI is InChI=1S/C33H40N2O13/c1-13(2)8-17(34)32(43)48-35-18-9-22(46-14(3)27(18)38)47-20-11-33(44,21(37)12-36)10-16-24(20)31(42)26-25(29(16)40)28(39)15-6-5-7-19(45-4)23(15)30(26)41/h5-7,13-14,17-18,20,22,27,35-36,38,40,42,44H,8-12,34H2,1-4H3/t14?,17-,18?,20-,22?,27?,33-/m0/s1. The lowest BCUT2D eigenvalue weighted by Gasteiger charge is -2.42. The first-order valence-electron chi connectivity index (χ1n) is 15.6. The molecule has 1 aliphatic heterocycles. The van der Waals surface area contributed by atoms with Crippen LogP contribution in [0, 0.1) is 5.92 Å². The highest BCUT2D eigenvalue weighted by Gasteiger charge is 2.50. The Morgan fingerprint density at radius 3 is 2.46 bits per heavy atom. The Labute approximate surface area is 275 Å². The Hall–Kier alpha value is -3.96. The van der Waals surface area contributed by atoms with Crippen molar-refractivity contribution in [3.05, 3.63) is 51.6 Å². The molecule has 8 N–H and O–H groups in total. The highest BCUT2D eigenvalue weighted by molar-refractivity contribution is 6.31. The number of hydrogen-bond donors (Lipinski definition) is 7. The highest BCUT2D eigenvalue weighted by Crippen LogP contribution is 2.52. The van der Waals surface area contributed by atoms with Gasteiger partial charge >= 0.3 is 5.97 Å². The van der Waals surface area contributed by atoms with Crippen molar-refractivity contribution in [2.75, 3.05) is 13.7 Å². The van der Waals surface area contributed by atoms with Crippen molar-refractivity contribution >= 4 is 23.3 Å². The van der Waals surface area contributed by atoms with E-state index in [0.29, 0.717) is 6.42 Å². The number of methoxy groups -OCH3 is 1. The van der Waals surface area contributed by atoms with Crippen molar-refractivity contribution in [2.45, 2.75) is 88.7 Å². The zero-order chi connectivity index (χ0) is 35.2. The van der Waals surface area contributed by atoms with Crippen LogP contribution < -0.4 is 16.0 Å². The molecule has 0 radical (unpaired) electrons. The largest absolute Gasteiger partial charge is 0.507 e. The Balaban J connectivity index is 1.52. The van der Waals surface area contributed by atoms with E-state index in [0.717, 1.165) is 0 Å². The molecule has 1 fully saturated rings. The van der Waals surface area contributed by atoms with Crippen LogP contribution in [-0.2, 0) is 30.3 Å². The van der Waals surface area contributed by atoms with Crippen LogP contribution in [0.15, 0.2) is 18.2 Å². The Bertz CT molecular complexity index is 1640. The number of benzene rings is 2. The minimum Gasteiger partial charge on any atom is -0.507 e. The van der Waals surface area contributed by atoms with Crippen LogP contribution in [0.4, 0.5) is 0 Å². The van der Waals surface area contributed by atoms with E-state index in [-0.39, 0.29) is 40.3 Å². The molecule has 2 aromatic carbocycles. The lowest BCUT2D eigenvalue weighted by Crippen LogP contribution is -2.55. The maximum Gasteiger partial charge on any atom is 0.341 e. The van der Waals surface area contributed by atoms with Gasteiger partial charge in [-0.3, -0.25) is 14.4 Å². The lowest BCUT2D eigenvalue weighted by atomic mass is 9.72. The molecule has 1 saturated heterocycles. The fourth-order valence-electron chi connectivity index (χ4n) is 6.65. The van der Waals surface area contributed by atoms with Crippen LogP contribution in [0.5, 0.6) is 17.2 Å². The molecule has 15 heteroatoms. The molecule has 5 rings (SSSR count). The molecule has 48 heavy (non-hydrogen) atoms. The van der Waals surface area contributed by atoms with Gasteiger partial charge in [0.25, 0.3) is 0 Å². The molecule has 4 unspecified atom stereocenters. The molecule has 0 saturated carbocycles. The molecule has 15 nitrogen and oxygen atoms in total. The number of phenolic OH excluding ortho intramolecular Hbond substituents is 2. The van der Waals surface area contributed by atoms with Gasteiger partial charge in [-0.25, -0.2) is 4.79 Å². The number of ketones is 3. The Kier molecular flexibility index (Phi) is 9.95. The average molecular weight is 673 g/mol. The van der Waals surface area contributed by atoms with E-state index < -0.39 is 108 Å². The summed E-state index contributed by atoms with van der Waals surface area (Å²) in [6.07, 6.45) is -5.75. The van der Waals surface area contributed by atoms with Crippen molar-refractivity contribution in [3.8, 4) is 17.2 Å². The van der Waals surface area contributed by atoms with Gasteiger partial charge in [0.2, 0.25) is 5.78 Å². The van der Waals surface area contributed by atoms with Crippen molar-refractivity contribution in [1.29, 1.82) is 0 Å². The molecular formula is C33H40N2O13. The Morgan fingerprint density at radius 2 is 1.81 bits per heavy atom. The summed E-state index contributed by atoms with van der Waals surface area (Å²) < 4.78 is 17.3. The van der Waals surface area contributed by atoms with Crippen molar-refractivity contribution < 1.29 is 63.8 Å². The number of aliphatic hydroxyl groups is 3. The quantitative estimate of drug-likeness (QED) is 0.114. The molecule has 0 aromatic heterocycles. The van der Waals surface area contributed by atoms with Gasteiger partial charge in [-0.05, 0) is 25.3 Å². The van der Waals surface area contributed by atoms with Crippen LogP contribution in [0.2, 0.25) is 0 Å². The smallest absolute Gasteiger partial charge is 0.341 e. The van der Waals surface area contributed by atoms with Crippen LogP contribution in [0.3, 0.4) is 0 Å². The van der Waals surface area contributed by atoms with E-state index in [4.69, 9.17) is 24.8 Å². The topological polar surface area (TPSA) is 244 Å². The van der Waals surface area contributed by atoms with E-state index >= 15 is 0 Å². The number of aromatic hydroxyl groups is 2. The first-order chi connectivity index (χ1) is 22.6. The number of hydroxylamine groups is 1. The number of nitrogens with one attached hydrogen (secondary N) is 1. The van der Waals surface area contributed by atoms with Crippen LogP contribution >= 0.6 is 0 Å². The molecule has 7 atom stereocenters. The molecule has 3 aliphatic rings. The van der Waals surface area contributed by atoms with Crippen LogP contribution in [-0.4, -0.2) is 98.8 Å². The molecule has 0 spiro atoms. The molecular weight excluding hydrogens is 632 g/mol. The molecule has 0 bridgehead atoms. The lowest BCUT2D eigenvalue weighted by molar-refractivity contribution is -0.256. The van der Waals surface area contributed by atoms with Gasteiger partial charge in [0.05, 0.1) is 48.2 Å². The second-order valence-electron chi connectivity index (χ2n) is 12.9. The SMILES string of the molecule is COc1cccc2c1C(=O)c1c(O)c3c(c(O)c1C2=O)C[C@@](O)(C(=O)CO)C[C@@H]3OC1CC(NOC(=O)[C@@H](N)CC(C)C)C(O)C(C)O1. The van der Waals surface area contributed by atoms with E-state index in [1.165, 1.54) is 32.2 Å². The maximum absolute atomic E-state index is 13.8. The third-order valence-electron chi connectivity index (χ3n) is 9.10. The third kappa shape index (κ3) is 6.18. The van der Waals surface area contributed by atoms with Gasteiger partial charge in [0, 0.05) is 36.0 Å². The highest BCUT2D eigenvalue weighted by atomic mass is 16.7. The molecule has 2 aromatic rings. The number of phenols is 2.